The molecule has 0 bridgehead atoms. The number of urea groups is 1. The number of hydrogen-bond donors (Lipinski definition) is 2. The van der Waals surface area contributed by atoms with Crippen LogP contribution in [-0.4, -0.2) is 44.8 Å². The summed E-state index contributed by atoms with van der Waals surface area (Å²) in [5, 5.41) is 12.0. The predicted molar refractivity (Wildman–Crippen MR) is 82.6 cm³/mol. The maximum Gasteiger partial charge on any atom is 0.317 e. The van der Waals surface area contributed by atoms with Gasteiger partial charge in [-0.15, -0.1) is 0 Å². The molecule has 22 heavy (non-hydrogen) atoms. The number of aliphatic hydroxyl groups is 1. The van der Waals surface area contributed by atoms with Crippen molar-refractivity contribution < 1.29 is 9.90 Å². The third-order valence-corrected chi connectivity index (χ3v) is 3.79. The van der Waals surface area contributed by atoms with E-state index in [2.05, 4.69) is 10.3 Å². The number of imidazole rings is 1. The van der Waals surface area contributed by atoms with E-state index in [1.807, 2.05) is 35.0 Å². The molecule has 0 aliphatic heterocycles. The number of carbonyl (C=O) groups is 1. The largest absolute Gasteiger partial charge is 0.395 e. The Hall–Kier alpha value is -2.34. The third-order valence-electron chi connectivity index (χ3n) is 3.79. The molecule has 0 radical (unpaired) electrons. The molecular formula is C16H20N4O2. The molecule has 0 unspecified atom stereocenters. The van der Waals surface area contributed by atoms with Crippen molar-refractivity contribution >= 4 is 6.03 Å². The SMILES string of the molecule is O=C(NCc1ccccc1-n1ccnc1)N(CCO)C1CC1. The van der Waals surface area contributed by atoms with Gasteiger partial charge in [-0.25, -0.2) is 9.78 Å². The maximum absolute atomic E-state index is 12.3. The van der Waals surface area contributed by atoms with Crippen LogP contribution in [0.25, 0.3) is 5.69 Å². The van der Waals surface area contributed by atoms with Gasteiger partial charge in [0.1, 0.15) is 0 Å². The molecule has 0 spiro atoms. The van der Waals surface area contributed by atoms with Gasteiger partial charge in [-0.2, -0.15) is 0 Å². The molecule has 2 aromatic rings. The lowest BCUT2D eigenvalue weighted by molar-refractivity contribution is 0.173. The molecular weight excluding hydrogens is 280 g/mol. The van der Waals surface area contributed by atoms with E-state index in [1.54, 1.807) is 17.4 Å². The summed E-state index contributed by atoms with van der Waals surface area (Å²) in [5.41, 5.74) is 2.02. The van der Waals surface area contributed by atoms with Crippen LogP contribution in [0.15, 0.2) is 43.0 Å². The molecule has 6 nitrogen and oxygen atoms in total. The monoisotopic (exact) mass is 300 g/mol. The number of aliphatic hydroxyl groups excluding tert-OH is 1. The Labute approximate surface area is 129 Å². The van der Waals surface area contributed by atoms with Crippen molar-refractivity contribution in [3.63, 3.8) is 0 Å². The van der Waals surface area contributed by atoms with Gasteiger partial charge in [0.25, 0.3) is 0 Å². The highest BCUT2D eigenvalue weighted by Crippen LogP contribution is 2.26. The van der Waals surface area contributed by atoms with Gasteiger partial charge in [-0.3, -0.25) is 0 Å². The van der Waals surface area contributed by atoms with Gasteiger partial charge in [0.05, 0.1) is 18.6 Å². The lowest BCUT2D eigenvalue weighted by Gasteiger charge is -2.22. The quantitative estimate of drug-likeness (QED) is 0.850. The number of carbonyl (C=O) groups excluding carboxylic acids is 1. The number of para-hydroxylation sites is 1. The van der Waals surface area contributed by atoms with Gasteiger partial charge in [-0.05, 0) is 24.5 Å². The van der Waals surface area contributed by atoms with Crippen LogP contribution < -0.4 is 5.32 Å². The zero-order valence-electron chi connectivity index (χ0n) is 12.4. The Morgan fingerprint density at radius 3 is 2.91 bits per heavy atom. The Balaban J connectivity index is 1.67. The summed E-state index contributed by atoms with van der Waals surface area (Å²) in [6.07, 6.45) is 7.40. The third kappa shape index (κ3) is 3.28. The van der Waals surface area contributed by atoms with E-state index in [-0.39, 0.29) is 18.7 Å². The van der Waals surface area contributed by atoms with Gasteiger partial charge in [-0.1, -0.05) is 18.2 Å². The minimum atomic E-state index is -0.114. The van der Waals surface area contributed by atoms with Crippen molar-refractivity contribution in [2.45, 2.75) is 25.4 Å². The smallest absolute Gasteiger partial charge is 0.317 e. The van der Waals surface area contributed by atoms with Crippen LogP contribution in [0.5, 0.6) is 0 Å². The fourth-order valence-corrected chi connectivity index (χ4v) is 2.53. The molecule has 1 aromatic heterocycles. The Kier molecular flexibility index (Phi) is 4.39. The lowest BCUT2D eigenvalue weighted by atomic mass is 10.1. The number of benzene rings is 1. The first-order chi connectivity index (χ1) is 10.8. The molecule has 0 saturated heterocycles. The van der Waals surface area contributed by atoms with Crippen LogP contribution in [-0.2, 0) is 6.54 Å². The number of nitrogens with zero attached hydrogens (tertiary/aromatic N) is 3. The summed E-state index contributed by atoms with van der Waals surface area (Å²) in [4.78, 5) is 18.1. The normalized spacial score (nSPS) is 13.9. The molecule has 3 rings (SSSR count). The number of aromatic nitrogens is 2. The van der Waals surface area contributed by atoms with E-state index in [0.717, 1.165) is 24.1 Å². The van der Waals surface area contributed by atoms with E-state index >= 15 is 0 Å². The second-order valence-electron chi connectivity index (χ2n) is 5.41. The topological polar surface area (TPSA) is 70.4 Å². The van der Waals surface area contributed by atoms with E-state index in [9.17, 15) is 4.79 Å². The van der Waals surface area contributed by atoms with Crippen molar-refractivity contribution in [2.75, 3.05) is 13.2 Å². The first-order valence-corrected chi connectivity index (χ1v) is 7.51. The average molecular weight is 300 g/mol. The molecule has 1 heterocycles. The Morgan fingerprint density at radius 1 is 1.41 bits per heavy atom. The summed E-state index contributed by atoms with van der Waals surface area (Å²) in [7, 11) is 0. The second-order valence-corrected chi connectivity index (χ2v) is 5.41. The molecule has 2 amide bonds. The highest BCUT2D eigenvalue weighted by atomic mass is 16.3. The minimum Gasteiger partial charge on any atom is -0.395 e. The summed E-state index contributed by atoms with van der Waals surface area (Å²) >= 11 is 0. The molecule has 0 atom stereocenters. The van der Waals surface area contributed by atoms with E-state index < -0.39 is 0 Å². The van der Waals surface area contributed by atoms with Gasteiger partial charge < -0.3 is 19.9 Å². The van der Waals surface area contributed by atoms with Gasteiger partial charge in [0.15, 0.2) is 0 Å². The standard InChI is InChI=1S/C16H20N4O2/c21-10-9-20(14-5-6-14)16(22)18-11-13-3-1-2-4-15(13)19-8-7-17-12-19/h1-4,7-8,12,14,21H,5-6,9-11H2,(H,18,22). The molecule has 1 saturated carbocycles. The molecule has 1 aliphatic rings. The van der Waals surface area contributed by atoms with Crippen LogP contribution in [0, 0.1) is 0 Å². The van der Waals surface area contributed by atoms with E-state index in [1.165, 1.54) is 0 Å². The van der Waals surface area contributed by atoms with Crippen LogP contribution >= 0.6 is 0 Å². The van der Waals surface area contributed by atoms with E-state index in [0.29, 0.717) is 13.1 Å². The number of nitrogens with one attached hydrogen (secondary N) is 1. The number of rotatable bonds is 6. The summed E-state index contributed by atoms with van der Waals surface area (Å²) in [6.45, 7) is 0.830. The van der Waals surface area contributed by atoms with Crippen molar-refractivity contribution in [2.24, 2.45) is 0 Å². The molecule has 116 valence electrons. The summed E-state index contributed by atoms with van der Waals surface area (Å²) in [6, 6.07) is 8.07. The zero-order chi connectivity index (χ0) is 15.4. The predicted octanol–water partition coefficient (Wildman–Crippen LogP) is 1.54. The number of amides is 2. The average Bonchev–Trinajstić information content (AvgIpc) is 3.24. The second kappa shape index (κ2) is 6.62. The summed E-state index contributed by atoms with van der Waals surface area (Å²) < 4.78 is 1.92. The fraction of sp³-hybridized carbons (Fsp3) is 0.375. The Bertz CT molecular complexity index is 623. The highest BCUT2D eigenvalue weighted by Gasteiger charge is 2.31. The molecule has 2 N–H and O–H groups in total. The molecule has 1 aromatic carbocycles. The van der Waals surface area contributed by atoms with Crippen LogP contribution in [0.4, 0.5) is 4.79 Å². The minimum absolute atomic E-state index is 0.00442. The van der Waals surface area contributed by atoms with Gasteiger partial charge in [0.2, 0.25) is 0 Å². The molecule has 6 heteroatoms. The first kappa shape index (κ1) is 14.6. The van der Waals surface area contributed by atoms with Gasteiger partial charge in [0, 0.05) is 31.5 Å². The summed E-state index contributed by atoms with van der Waals surface area (Å²) in [5.74, 6) is 0. The van der Waals surface area contributed by atoms with Gasteiger partial charge >= 0.3 is 6.03 Å². The van der Waals surface area contributed by atoms with Crippen LogP contribution in [0.3, 0.4) is 0 Å². The van der Waals surface area contributed by atoms with Crippen LogP contribution in [0.2, 0.25) is 0 Å². The Morgan fingerprint density at radius 2 is 2.23 bits per heavy atom. The first-order valence-electron chi connectivity index (χ1n) is 7.51. The zero-order valence-corrected chi connectivity index (χ0v) is 12.4. The highest BCUT2D eigenvalue weighted by molar-refractivity contribution is 5.75. The molecule has 1 aliphatic carbocycles. The fourth-order valence-electron chi connectivity index (χ4n) is 2.53. The van der Waals surface area contributed by atoms with Crippen molar-refractivity contribution in [1.29, 1.82) is 0 Å². The van der Waals surface area contributed by atoms with Crippen LogP contribution in [0.1, 0.15) is 18.4 Å². The van der Waals surface area contributed by atoms with Crippen molar-refractivity contribution in [3.05, 3.63) is 48.5 Å². The molecule has 1 fully saturated rings. The lowest BCUT2D eigenvalue weighted by Crippen LogP contribution is -2.42. The maximum atomic E-state index is 12.3. The van der Waals surface area contributed by atoms with E-state index in [4.69, 9.17) is 5.11 Å². The van der Waals surface area contributed by atoms with Crippen molar-refractivity contribution in [3.8, 4) is 5.69 Å². The number of hydrogen-bond acceptors (Lipinski definition) is 3. The van der Waals surface area contributed by atoms with Crippen molar-refractivity contribution in [1.82, 2.24) is 19.8 Å².